The molecule has 3 N–H and O–H groups in total. The number of hydrogen-bond donors (Lipinski definition) is 2. The summed E-state index contributed by atoms with van der Waals surface area (Å²) in [5.41, 5.74) is 10.8. The molecule has 0 amide bonds. The minimum Gasteiger partial charge on any atom is -0.404 e. The fraction of sp³-hybridized carbons (Fsp3) is 0.679. The number of benzene rings is 1. The van der Waals surface area contributed by atoms with Gasteiger partial charge >= 0.3 is 0 Å². The standard InChI is InChI=1S/C28H43N5/c1-21(2)25-5-3-4-6-26(25)27-20-32(19-22(17-29)18-31-23-7-8-23)13-14-33(27)24-15-28(16-24)9-11-30-12-10-28/h3-6,17-18,21,23-24,27,30H,7-16,19-20,29H2,1-2H3. The number of aliphatic imine (C=N–C) groups is 1. The summed E-state index contributed by atoms with van der Waals surface area (Å²) in [6.45, 7) is 11.3. The van der Waals surface area contributed by atoms with Crippen molar-refractivity contribution in [1.82, 2.24) is 15.1 Å². The molecular formula is C28H43N5. The Kier molecular flexibility index (Phi) is 6.91. The van der Waals surface area contributed by atoms with Crippen LogP contribution in [0, 0.1) is 5.41 Å². The molecule has 33 heavy (non-hydrogen) atoms. The van der Waals surface area contributed by atoms with Gasteiger partial charge in [0.05, 0.1) is 6.04 Å². The molecule has 180 valence electrons. The van der Waals surface area contributed by atoms with Gasteiger partial charge in [0, 0.05) is 44.5 Å². The van der Waals surface area contributed by atoms with Crippen molar-refractivity contribution in [3.05, 3.63) is 47.2 Å². The SMILES string of the molecule is CC(C)c1ccccc1C1CN(CC(C=NC2CC2)=CN)CCN1C1CC2(CCNCC2)C1. The van der Waals surface area contributed by atoms with Crippen LogP contribution in [0.4, 0.5) is 0 Å². The van der Waals surface area contributed by atoms with Crippen molar-refractivity contribution in [2.75, 3.05) is 39.3 Å². The molecular weight excluding hydrogens is 406 g/mol. The van der Waals surface area contributed by atoms with E-state index in [2.05, 4.69) is 58.2 Å². The Morgan fingerprint density at radius 2 is 1.94 bits per heavy atom. The molecule has 2 heterocycles. The molecule has 2 saturated heterocycles. The van der Waals surface area contributed by atoms with Gasteiger partial charge in [-0.2, -0.15) is 0 Å². The number of nitrogens with two attached hydrogens (primary N) is 1. The third-order valence-corrected chi connectivity index (χ3v) is 8.57. The van der Waals surface area contributed by atoms with E-state index in [-0.39, 0.29) is 0 Å². The topological polar surface area (TPSA) is 56.9 Å². The number of nitrogens with zero attached hydrogens (tertiary/aromatic N) is 3. The molecule has 4 aliphatic rings. The summed E-state index contributed by atoms with van der Waals surface area (Å²) in [4.78, 5) is 10.2. The maximum absolute atomic E-state index is 6.00. The van der Waals surface area contributed by atoms with Gasteiger partial charge in [0.15, 0.2) is 0 Å². The first-order valence-electron chi connectivity index (χ1n) is 13.3. The first kappa shape index (κ1) is 23.1. The highest BCUT2D eigenvalue weighted by molar-refractivity contribution is 5.79. The lowest BCUT2D eigenvalue weighted by molar-refractivity contribution is -0.0627. The number of piperidine rings is 1. The van der Waals surface area contributed by atoms with Crippen LogP contribution in [0.5, 0.6) is 0 Å². The second-order valence-electron chi connectivity index (χ2n) is 11.3. The average Bonchev–Trinajstić information content (AvgIpc) is 3.65. The van der Waals surface area contributed by atoms with Crippen LogP contribution in [0.1, 0.15) is 75.5 Å². The van der Waals surface area contributed by atoms with Crippen molar-refractivity contribution < 1.29 is 0 Å². The summed E-state index contributed by atoms with van der Waals surface area (Å²) in [7, 11) is 0. The Hall–Kier alpha value is -1.69. The van der Waals surface area contributed by atoms with Gasteiger partial charge in [-0.05, 0) is 85.8 Å². The monoisotopic (exact) mass is 449 g/mol. The summed E-state index contributed by atoms with van der Waals surface area (Å²) in [6.07, 6.45) is 11.8. The van der Waals surface area contributed by atoms with Crippen LogP contribution in [0.15, 0.2) is 41.0 Å². The average molecular weight is 450 g/mol. The van der Waals surface area contributed by atoms with Gasteiger partial charge in [-0.3, -0.25) is 14.8 Å². The molecule has 1 atom stereocenters. The second-order valence-corrected chi connectivity index (χ2v) is 11.3. The van der Waals surface area contributed by atoms with Crippen LogP contribution in [-0.4, -0.2) is 67.4 Å². The maximum atomic E-state index is 6.00. The van der Waals surface area contributed by atoms with Gasteiger partial charge in [-0.15, -0.1) is 0 Å². The molecule has 2 aliphatic heterocycles. The van der Waals surface area contributed by atoms with E-state index in [1.54, 1.807) is 6.20 Å². The maximum Gasteiger partial charge on any atom is 0.0501 e. The minimum atomic E-state index is 0.459. The van der Waals surface area contributed by atoms with E-state index < -0.39 is 0 Å². The van der Waals surface area contributed by atoms with E-state index in [1.165, 1.54) is 62.7 Å². The van der Waals surface area contributed by atoms with Gasteiger partial charge in [0.25, 0.3) is 0 Å². The van der Waals surface area contributed by atoms with Crippen molar-refractivity contribution in [2.45, 2.75) is 76.4 Å². The van der Waals surface area contributed by atoms with Gasteiger partial charge in [0.1, 0.15) is 0 Å². The number of rotatable bonds is 7. The molecule has 5 heteroatoms. The fourth-order valence-corrected chi connectivity index (χ4v) is 6.41. The Morgan fingerprint density at radius 1 is 1.18 bits per heavy atom. The van der Waals surface area contributed by atoms with Crippen LogP contribution >= 0.6 is 0 Å². The van der Waals surface area contributed by atoms with Crippen molar-refractivity contribution >= 4 is 6.21 Å². The zero-order chi connectivity index (χ0) is 22.8. The molecule has 1 aromatic rings. The highest BCUT2D eigenvalue weighted by Crippen LogP contribution is 2.52. The molecule has 4 fully saturated rings. The lowest BCUT2D eigenvalue weighted by Crippen LogP contribution is -2.59. The molecule has 1 aromatic carbocycles. The van der Waals surface area contributed by atoms with Gasteiger partial charge in [-0.1, -0.05) is 38.1 Å². The zero-order valence-corrected chi connectivity index (χ0v) is 20.7. The molecule has 2 aliphatic carbocycles. The number of piperazine rings is 1. The third kappa shape index (κ3) is 5.21. The van der Waals surface area contributed by atoms with Gasteiger partial charge in [0.2, 0.25) is 0 Å². The Bertz CT molecular complexity index is 857. The molecule has 5 nitrogen and oxygen atoms in total. The largest absolute Gasteiger partial charge is 0.404 e. The predicted octanol–water partition coefficient (Wildman–Crippen LogP) is 4.08. The van der Waals surface area contributed by atoms with Crippen LogP contribution in [0.25, 0.3) is 0 Å². The zero-order valence-electron chi connectivity index (χ0n) is 20.7. The van der Waals surface area contributed by atoms with E-state index >= 15 is 0 Å². The quantitative estimate of drug-likeness (QED) is 0.616. The molecule has 1 spiro atoms. The summed E-state index contributed by atoms with van der Waals surface area (Å²) in [5, 5.41) is 3.56. The molecule has 0 bridgehead atoms. The Morgan fingerprint density at radius 3 is 2.64 bits per heavy atom. The smallest absolute Gasteiger partial charge is 0.0501 e. The van der Waals surface area contributed by atoms with Crippen LogP contribution in [0.3, 0.4) is 0 Å². The van der Waals surface area contributed by atoms with E-state index in [9.17, 15) is 0 Å². The lowest BCUT2D eigenvalue weighted by atomic mass is 9.60. The van der Waals surface area contributed by atoms with Gasteiger partial charge < -0.3 is 11.1 Å². The summed E-state index contributed by atoms with van der Waals surface area (Å²) >= 11 is 0. The molecule has 2 saturated carbocycles. The Labute approximate surface area is 200 Å². The summed E-state index contributed by atoms with van der Waals surface area (Å²) in [6, 6.07) is 10.9. The highest BCUT2D eigenvalue weighted by Gasteiger charge is 2.49. The van der Waals surface area contributed by atoms with Crippen LogP contribution in [0.2, 0.25) is 0 Å². The predicted molar refractivity (Wildman–Crippen MR) is 138 cm³/mol. The van der Waals surface area contributed by atoms with E-state index in [0.29, 0.717) is 23.4 Å². The molecule has 1 unspecified atom stereocenters. The number of nitrogens with one attached hydrogen (secondary N) is 1. The number of hydrogen-bond acceptors (Lipinski definition) is 5. The van der Waals surface area contributed by atoms with Crippen molar-refractivity contribution in [3.8, 4) is 0 Å². The van der Waals surface area contributed by atoms with Crippen molar-refractivity contribution in [1.29, 1.82) is 0 Å². The van der Waals surface area contributed by atoms with Crippen molar-refractivity contribution in [2.24, 2.45) is 16.1 Å². The second kappa shape index (κ2) is 9.89. The first-order valence-corrected chi connectivity index (χ1v) is 13.3. The fourth-order valence-electron chi connectivity index (χ4n) is 6.41. The van der Waals surface area contributed by atoms with E-state index in [0.717, 1.165) is 37.8 Å². The normalized spacial score (nSPS) is 27.5. The summed E-state index contributed by atoms with van der Waals surface area (Å²) in [5.74, 6) is 0.542. The van der Waals surface area contributed by atoms with Gasteiger partial charge in [-0.25, -0.2) is 0 Å². The lowest BCUT2D eigenvalue weighted by Gasteiger charge is -2.57. The third-order valence-electron chi connectivity index (χ3n) is 8.57. The Balaban J connectivity index is 1.33. The summed E-state index contributed by atoms with van der Waals surface area (Å²) < 4.78 is 0. The van der Waals surface area contributed by atoms with Crippen LogP contribution in [-0.2, 0) is 0 Å². The van der Waals surface area contributed by atoms with E-state index in [4.69, 9.17) is 5.73 Å². The minimum absolute atomic E-state index is 0.459. The first-order chi connectivity index (χ1) is 16.1. The van der Waals surface area contributed by atoms with Crippen LogP contribution < -0.4 is 11.1 Å². The highest BCUT2D eigenvalue weighted by atomic mass is 15.3. The molecule has 0 radical (unpaired) electrons. The molecule has 5 rings (SSSR count). The van der Waals surface area contributed by atoms with E-state index in [1.807, 2.05) is 6.21 Å². The molecule has 0 aromatic heterocycles. The van der Waals surface area contributed by atoms with Crippen molar-refractivity contribution in [3.63, 3.8) is 0 Å².